The lowest BCUT2D eigenvalue weighted by molar-refractivity contribution is -0.0123. The zero-order chi connectivity index (χ0) is 12.5. The van der Waals surface area contributed by atoms with E-state index in [0.717, 1.165) is 28.9 Å². The molecule has 96 valence electrons. The summed E-state index contributed by atoms with van der Waals surface area (Å²) < 4.78 is 1.04. The van der Waals surface area contributed by atoms with Crippen LogP contribution in [-0.2, 0) is 0 Å². The molecular formula is C13H20BrNOS. The van der Waals surface area contributed by atoms with Crippen LogP contribution in [0.3, 0.4) is 0 Å². The number of nitrogens with zero attached hydrogens (tertiary/aromatic N) is 1. The summed E-state index contributed by atoms with van der Waals surface area (Å²) in [5, 5.41) is 12.7. The lowest BCUT2D eigenvalue weighted by atomic mass is 9.88. The molecule has 0 aromatic carbocycles. The van der Waals surface area contributed by atoms with E-state index in [2.05, 4.69) is 34.7 Å². The van der Waals surface area contributed by atoms with Crippen molar-refractivity contribution in [1.29, 1.82) is 0 Å². The van der Waals surface area contributed by atoms with Crippen molar-refractivity contribution in [3.05, 3.63) is 20.8 Å². The summed E-state index contributed by atoms with van der Waals surface area (Å²) >= 11 is 5.16. The molecule has 1 fully saturated rings. The summed E-state index contributed by atoms with van der Waals surface area (Å²) in [5.41, 5.74) is -0.135. The molecule has 0 aliphatic carbocycles. The standard InChI is InChI=1S/C13H20BrNOS/c1-3-13(2,15-7-4-5-8-15)12(16)11-10(14)6-9-17-11/h6,9,12,16H,3-5,7-8H2,1-2H3. The van der Waals surface area contributed by atoms with Gasteiger partial charge >= 0.3 is 0 Å². The van der Waals surface area contributed by atoms with Crippen LogP contribution in [-0.4, -0.2) is 28.6 Å². The Morgan fingerprint density at radius 1 is 1.53 bits per heavy atom. The van der Waals surface area contributed by atoms with Gasteiger partial charge < -0.3 is 5.11 Å². The Labute approximate surface area is 116 Å². The first kappa shape index (κ1) is 13.5. The maximum Gasteiger partial charge on any atom is 0.107 e. The number of hydrogen-bond acceptors (Lipinski definition) is 3. The second kappa shape index (κ2) is 5.39. The monoisotopic (exact) mass is 317 g/mol. The first-order chi connectivity index (χ1) is 8.09. The molecule has 0 saturated carbocycles. The molecule has 2 unspecified atom stereocenters. The van der Waals surface area contributed by atoms with Crippen LogP contribution < -0.4 is 0 Å². The van der Waals surface area contributed by atoms with Gasteiger partial charge in [0.15, 0.2) is 0 Å². The van der Waals surface area contributed by atoms with Crippen molar-refractivity contribution in [2.75, 3.05) is 13.1 Å². The van der Waals surface area contributed by atoms with Gasteiger partial charge in [-0.05, 0) is 66.7 Å². The van der Waals surface area contributed by atoms with Crippen LogP contribution in [0.5, 0.6) is 0 Å². The van der Waals surface area contributed by atoms with Gasteiger partial charge in [0.25, 0.3) is 0 Å². The van der Waals surface area contributed by atoms with Crippen LogP contribution in [0.4, 0.5) is 0 Å². The van der Waals surface area contributed by atoms with Crippen molar-refractivity contribution >= 4 is 27.3 Å². The summed E-state index contributed by atoms with van der Waals surface area (Å²) in [6, 6.07) is 2.02. The van der Waals surface area contributed by atoms with E-state index in [4.69, 9.17) is 0 Å². The largest absolute Gasteiger partial charge is 0.386 e. The minimum absolute atomic E-state index is 0.135. The lowest BCUT2D eigenvalue weighted by Gasteiger charge is -2.41. The minimum Gasteiger partial charge on any atom is -0.386 e. The van der Waals surface area contributed by atoms with Crippen LogP contribution in [0.1, 0.15) is 44.1 Å². The smallest absolute Gasteiger partial charge is 0.107 e. The fourth-order valence-electron chi connectivity index (χ4n) is 2.60. The molecule has 1 saturated heterocycles. The van der Waals surface area contributed by atoms with Crippen molar-refractivity contribution in [2.24, 2.45) is 0 Å². The van der Waals surface area contributed by atoms with Gasteiger partial charge in [-0.3, -0.25) is 4.90 Å². The van der Waals surface area contributed by atoms with E-state index in [1.807, 2.05) is 11.4 Å². The summed E-state index contributed by atoms with van der Waals surface area (Å²) in [4.78, 5) is 3.50. The Hall–Kier alpha value is 0.1000. The molecule has 1 aliphatic heterocycles. The molecule has 4 heteroatoms. The van der Waals surface area contributed by atoms with Crippen molar-refractivity contribution in [3.63, 3.8) is 0 Å². The van der Waals surface area contributed by atoms with Crippen LogP contribution in [0.15, 0.2) is 15.9 Å². The molecule has 2 heterocycles. The molecule has 17 heavy (non-hydrogen) atoms. The second-order valence-electron chi connectivity index (χ2n) is 4.94. The number of aliphatic hydroxyl groups is 1. The minimum atomic E-state index is -0.403. The van der Waals surface area contributed by atoms with Crippen molar-refractivity contribution in [1.82, 2.24) is 4.90 Å². The lowest BCUT2D eigenvalue weighted by Crippen LogP contribution is -2.48. The predicted molar refractivity (Wildman–Crippen MR) is 76.5 cm³/mol. The molecule has 2 atom stereocenters. The number of halogens is 1. The van der Waals surface area contributed by atoms with E-state index in [1.54, 1.807) is 11.3 Å². The van der Waals surface area contributed by atoms with Crippen molar-refractivity contribution in [3.8, 4) is 0 Å². The summed E-state index contributed by atoms with van der Waals surface area (Å²) in [6.45, 7) is 6.59. The van der Waals surface area contributed by atoms with Gasteiger partial charge in [-0.2, -0.15) is 0 Å². The Balaban J connectivity index is 2.25. The van der Waals surface area contributed by atoms with Crippen molar-refractivity contribution < 1.29 is 5.11 Å². The molecule has 2 rings (SSSR count). The van der Waals surface area contributed by atoms with E-state index in [0.29, 0.717) is 0 Å². The van der Waals surface area contributed by atoms with Crippen LogP contribution in [0.2, 0.25) is 0 Å². The highest BCUT2D eigenvalue weighted by Crippen LogP contribution is 2.41. The number of rotatable bonds is 4. The van der Waals surface area contributed by atoms with E-state index in [9.17, 15) is 5.11 Å². The molecule has 0 spiro atoms. The van der Waals surface area contributed by atoms with Crippen molar-refractivity contribution in [2.45, 2.75) is 44.8 Å². The molecule has 1 N–H and O–H groups in total. The third-order valence-electron chi connectivity index (χ3n) is 4.03. The Morgan fingerprint density at radius 3 is 2.65 bits per heavy atom. The molecule has 0 amide bonds. The number of hydrogen-bond donors (Lipinski definition) is 1. The number of aliphatic hydroxyl groups excluding tert-OH is 1. The van der Waals surface area contributed by atoms with Gasteiger partial charge in [0.05, 0.1) is 0 Å². The Morgan fingerprint density at radius 2 is 2.18 bits per heavy atom. The molecule has 2 nitrogen and oxygen atoms in total. The highest BCUT2D eigenvalue weighted by molar-refractivity contribution is 9.10. The van der Waals surface area contributed by atoms with E-state index in [-0.39, 0.29) is 5.54 Å². The Bertz CT molecular complexity index is 375. The fraction of sp³-hybridized carbons (Fsp3) is 0.692. The summed E-state index contributed by atoms with van der Waals surface area (Å²) in [6.07, 6.45) is 3.08. The first-order valence-corrected chi connectivity index (χ1v) is 7.93. The average molecular weight is 318 g/mol. The van der Waals surface area contributed by atoms with Gasteiger partial charge in [0.2, 0.25) is 0 Å². The maximum absolute atomic E-state index is 10.7. The molecular weight excluding hydrogens is 298 g/mol. The Kier molecular flexibility index (Phi) is 4.29. The van der Waals surface area contributed by atoms with E-state index in [1.165, 1.54) is 12.8 Å². The SMILES string of the molecule is CCC(C)(C(O)c1sccc1Br)N1CCCC1. The van der Waals surface area contributed by atoms with Gasteiger partial charge in [-0.25, -0.2) is 0 Å². The number of thiophene rings is 1. The van der Waals surface area contributed by atoms with E-state index >= 15 is 0 Å². The fourth-order valence-corrected chi connectivity index (χ4v) is 4.32. The molecule has 1 aliphatic rings. The molecule has 1 aromatic heterocycles. The van der Waals surface area contributed by atoms with Gasteiger partial charge in [0, 0.05) is 14.9 Å². The summed E-state index contributed by atoms with van der Waals surface area (Å²) in [5.74, 6) is 0. The normalized spacial score (nSPS) is 22.6. The van der Waals surface area contributed by atoms with Crippen LogP contribution in [0.25, 0.3) is 0 Å². The number of likely N-dealkylation sites (tertiary alicyclic amines) is 1. The van der Waals surface area contributed by atoms with Gasteiger partial charge in [0.1, 0.15) is 6.10 Å². The topological polar surface area (TPSA) is 23.5 Å². The summed E-state index contributed by atoms with van der Waals surface area (Å²) in [7, 11) is 0. The first-order valence-electron chi connectivity index (χ1n) is 6.25. The van der Waals surface area contributed by atoms with Gasteiger partial charge in [-0.1, -0.05) is 6.92 Å². The van der Waals surface area contributed by atoms with Crippen LogP contribution in [0, 0.1) is 0 Å². The molecule has 0 radical (unpaired) electrons. The highest BCUT2D eigenvalue weighted by Gasteiger charge is 2.40. The third kappa shape index (κ3) is 2.46. The average Bonchev–Trinajstić information content (AvgIpc) is 2.97. The predicted octanol–water partition coefficient (Wildman–Crippen LogP) is 3.81. The zero-order valence-corrected chi connectivity index (χ0v) is 12.9. The second-order valence-corrected chi connectivity index (χ2v) is 6.74. The third-order valence-corrected chi connectivity index (χ3v) is 5.95. The maximum atomic E-state index is 10.7. The van der Waals surface area contributed by atoms with Crippen LogP contribution >= 0.6 is 27.3 Å². The molecule has 1 aromatic rings. The highest BCUT2D eigenvalue weighted by atomic mass is 79.9. The quantitative estimate of drug-likeness (QED) is 0.912. The zero-order valence-electron chi connectivity index (χ0n) is 10.4. The molecule has 0 bridgehead atoms. The van der Waals surface area contributed by atoms with E-state index < -0.39 is 6.10 Å². The van der Waals surface area contributed by atoms with Gasteiger partial charge in [-0.15, -0.1) is 11.3 Å².